The number of aryl methyl sites for hydroxylation is 1. The first-order valence-corrected chi connectivity index (χ1v) is 9.12. The predicted octanol–water partition coefficient (Wildman–Crippen LogP) is 3.63. The highest BCUT2D eigenvalue weighted by Crippen LogP contribution is 2.23. The van der Waals surface area contributed by atoms with E-state index in [1.54, 1.807) is 11.3 Å². The third-order valence-electron chi connectivity index (χ3n) is 3.11. The van der Waals surface area contributed by atoms with E-state index in [-0.39, 0.29) is 6.10 Å². The Morgan fingerprint density at radius 2 is 2.17 bits per heavy atom. The molecule has 0 saturated heterocycles. The summed E-state index contributed by atoms with van der Waals surface area (Å²) in [7, 11) is 0. The second-order valence-corrected chi connectivity index (χ2v) is 7.03. The monoisotopic (exact) mass is 366 g/mol. The number of rotatable bonds is 7. The summed E-state index contributed by atoms with van der Waals surface area (Å²) in [4.78, 5) is 10.1. The van der Waals surface area contributed by atoms with E-state index >= 15 is 0 Å². The molecule has 1 atom stereocenters. The van der Waals surface area contributed by atoms with Crippen LogP contribution < -0.4 is 15.4 Å². The molecule has 0 spiro atoms. The fraction of sp³-hybridized carbons (Fsp3) is 0.412. The van der Waals surface area contributed by atoms with Crippen molar-refractivity contribution in [1.29, 1.82) is 0 Å². The van der Waals surface area contributed by atoms with Crippen LogP contribution >= 0.6 is 22.9 Å². The highest BCUT2D eigenvalue weighted by atomic mass is 35.5. The van der Waals surface area contributed by atoms with Gasteiger partial charge in [-0.3, -0.25) is 0 Å². The van der Waals surface area contributed by atoms with Crippen LogP contribution in [-0.4, -0.2) is 30.1 Å². The summed E-state index contributed by atoms with van der Waals surface area (Å²) in [5, 5.41) is 8.13. The van der Waals surface area contributed by atoms with E-state index in [2.05, 4.69) is 20.6 Å². The lowest BCUT2D eigenvalue weighted by molar-refractivity contribution is 0.224. The molecule has 0 saturated carbocycles. The van der Waals surface area contributed by atoms with Gasteiger partial charge >= 0.3 is 0 Å². The van der Waals surface area contributed by atoms with Gasteiger partial charge in [-0.15, -0.1) is 11.3 Å². The summed E-state index contributed by atoms with van der Waals surface area (Å²) >= 11 is 7.78. The lowest BCUT2D eigenvalue weighted by Gasteiger charge is -2.18. The first-order valence-electron chi connectivity index (χ1n) is 7.93. The van der Waals surface area contributed by atoms with E-state index in [0.717, 1.165) is 17.5 Å². The Labute approximate surface area is 152 Å². The number of hydrogen-bond donors (Lipinski definition) is 2. The van der Waals surface area contributed by atoms with Crippen molar-refractivity contribution < 1.29 is 4.74 Å². The molecule has 0 aliphatic rings. The van der Waals surface area contributed by atoms with Gasteiger partial charge in [-0.2, -0.15) is 0 Å². The third kappa shape index (κ3) is 6.02. The molecule has 24 heavy (non-hydrogen) atoms. The molecule has 0 fully saturated rings. The molecule has 1 aromatic carbocycles. The Hall–Kier alpha value is -1.79. The highest BCUT2D eigenvalue weighted by molar-refractivity contribution is 7.11. The lowest BCUT2D eigenvalue weighted by Crippen LogP contribution is -2.41. The number of benzene rings is 1. The number of guanidine groups is 1. The van der Waals surface area contributed by atoms with E-state index in [1.807, 2.05) is 51.2 Å². The maximum Gasteiger partial charge on any atom is 0.191 e. The molecule has 0 aliphatic carbocycles. The fourth-order valence-electron chi connectivity index (χ4n) is 2.00. The van der Waals surface area contributed by atoms with Crippen LogP contribution in [0.4, 0.5) is 0 Å². The summed E-state index contributed by atoms with van der Waals surface area (Å²) in [6, 6.07) is 7.47. The van der Waals surface area contributed by atoms with Crippen LogP contribution in [-0.2, 0) is 6.54 Å². The second kappa shape index (κ2) is 9.49. The number of halogens is 1. The quantitative estimate of drug-likeness (QED) is 0.580. The van der Waals surface area contributed by atoms with Crippen molar-refractivity contribution in [2.45, 2.75) is 33.4 Å². The minimum atomic E-state index is -0.0455. The van der Waals surface area contributed by atoms with Crippen LogP contribution in [0.25, 0.3) is 0 Å². The third-order valence-corrected chi connectivity index (χ3v) is 4.32. The average Bonchev–Trinajstić information content (AvgIpc) is 2.98. The van der Waals surface area contributed by atoms with Gasteiger partial charge in [0.15, 0.2) is 5.96 Å². The number of hydrogen-bond acceptors (Lipinski definition) is 4. The zero-order chi connectivity index (χ0) is 17.4. The van der Waals surface area contributed by atoms with Crippen LogP contribution in [0.2, 0.25) is 5.02 Å². The van der Waals surface area contributed by atoms with E-state index in [9.17, 15) is 0 Å². The Balaban J connectivity index is 1.87. The molecule has 0 amide bonds. The van der Waals surface area contributed by atoms with Gasteiger partial charge in [-0.05, 0) is 32.9 Å². The summed E-state index contributed by atoms with van der Waals surface area (Å²) in [5.74, 6) is 1.44. The molecule has 130 valence electrons. The normalized spacial score (nSPS) is 12.8. The summed E-state index contributed by atoms with van der Waals surface area (Å²) in [6.07, 6.45) is 1.82. The fourth-order valence-corrected chi connectivity index (χ4v) is 2.89. The van der Waals surface area contributed by atoms with Gasteiger partial charge < -0.3 is 15.4 Å². The number of nitrogens with one attached hydrogen (secondary N) is 2. The minimum absolute atomic E-state index is 0.0455. The Kier molecular flexibility index (Phi) is 7.34. The van der Waals surface area contributed by atoms with Gasteiger partial charge in [-0.25, -0.2) is 9.98 Å². The van der Waals surface area contributed by atoms with E-state index in [4.69, 9.17) is 16.3 Å². The van der Waals surface area contributed by atoms with Gasteiger partial charge in [-0.1, -0.05) is 23.7 Å². The second-order valence-electron chi connectivity index (χ2n) is 5.30. The summed E-state index contributed by atoms with van der Waals surface area (Å²) in [6.45, 7) is 8.05. The topological polar surface area (TPSA) is 58.5 Å². The first kappa shape index (κ1) is 18.5. The Morgan fingerprint density at radius 3 is 2.83 bits per heavy atom. The number of thiazole rings is 1. The van der Waals surface area contributed by atoms with Gasteiger partial charge in [0.2, 0.25) is 0 Å². The first-order chi connectivity index (χ1) is 11.6. The molecular weight excluding hydrogens is 344 g/mol. The standard InChI is InChI=1S/C17H23ClN4OS/c1-4-19-17(22-11-16-20-10-13(3)24-16)21-9-12(2)23-15-8-6-5-7-14(15)18/h5-8,10,12H,4,9,11H2,1-3H3,(H2,19,21,22). The van der Waals surface area contributed by atoms with Crippen molar-refractivity contribution in [3.05, 3.63) is 45.4 Å². The average molecular weight is 367 g/mol. The Bertz CT molecular complexity index is 674. The summed E-state index contributed by atoms with van der Waals surface area (Å²) in [5.41, 5.74) is 0. The van der Waals surface area contributed by atoms with Crippen LogP contribution in [0.5, 0.6) is 5.75 Å². The molecule has 0 bridgehead atoms. The van der Waals surface area contributed by atoms with Crippen LogP contribution in [0.1, 0.15) is 23.7 Å². The zero-order valence-electron chi connectivity index (χ0n) is 14.2. The van der Waals surface area contributed by atoms with E-state index < -0.39 is 0 Å². The van der Waals surface area contributed by atoms with Crippen molar-refractivity contribution in [1.82, 2.24) is 15.6 Å². The van der Waals surface area contributed by atoms with Gasteiger partial charge in [0, 0.05) is 17.6 Å². The minimum Gasteiger partial charge on any atom is -0.487 e. The van der Waals surface area contributed by atoms with E-state index in [0.29, 0.717) is 23.9 Å². The SMILES string of the molecule is CCNC(=NCc1ncc(C)s1)NCC(C)Oc1ccccc1Cl. The number of ether oxygens (including phenoxy) is 1. The van der Waals surface area contributed by atoms with Crippen molar-refractivity contribution in [3.8, 4) is 5.75 Å². The number of aromatic nitrogens is 1. The predicted molar refractivity (Wildman–Crippen MR) is 101 cm³/mol. The van der Waals surface area contributed by atoms with Gasteiger partial charge in [0.1, 0.15) is 16.9 Å². The van der Waals surface area contributed by atoms with Crippen LogP contribution in [0, 0.1) is 6.92 Å². The molecule has 2 N–H and O–H groups in total. The van der Waals surface area contributed by atoms with Crippen molar-refractivity contribution in [3.63, 3.8) is 0 Å². The molecule has 5 nitrogen and oxygen atoms in total. The maximum atomic E-state index is 6.11. The smallest absolute Gasteiger partial charge is 0.191 e. The summed E-state index contributed by atoms with van der Waals surface area (Å²) < 4.78 is 5.85. The van der Waals surface area contributed by atoms with Crippen molar-refractivity contribution in [2.24, 2.45) is 4.99 Å². The molecule has 7 heteroatoms. The molecular formula is C17H23ClN4OS. The molecule has 0 radical (unpaired) electrons. The van der Waals surface area contributed by atoms with Crippen molar-refractivity contribution in [2.75, 3.05) is 13.1 Å². The van der Waals surface area contributed by atoms with Crippen molar-refractivity contribution >= 4 is 28.9 Å². The molecule has 1 aromatic heterocycles. The molecule has 1 unspecified atom stereocenters. The number of aliphatic imine (C=N–C) groups is 1. The van der Waals surface area contributed by atoms with Gasteiger partial charge in [0.25, 0.3) is 0 Å². The number of nitrogens with zero attached hydrogens (tertiary/aromatic N) is 2. The number of para-hydroxylation sites is 1. The zero-order valence-corrected chi connectivity index (χ0v) is 15.7. The van der Waals surface area contributed by atoms with Gasteiger partial charge in [0.05, 0.1) is 18.1 Å². The van der Waals surface area contributed by atoms with E-state index in [1.165, 1.54) is 4.88 Å². The van der Waals surface area contributed by atoms with Crippen LogP contribution in [0.3, 0.4) is 0 Å². The highest BCUT2D eigenvalue weighted by Gasteiger charge is 2.08. The molecule has 2 rings (SSSR count). The van der Waals surface area contributed by atoms with Crippen LogP contribution in [0.15, 0.2) is 35.5 Å². The largest absolute Gasteiger partial charge is 0.487 e. The molecule has 1 heterocycles. The molecule has 2 aromatic rings. The maximum absolute atomic E-state index is 6.11. The molecule has 0 aliphatic heterocycles. The lowest BCUT2D eigenvalue weighted by atomic mass is 10.3. The Morgan fingerprint density at radius 1 is 1.38 bits per heavy atom.